The lowest BCUT2D eigenvalue weighted by Crippen LogP contribution is -2.15. The zero-order valence-corrected chi connectivity index (χ0v) is 21.6. The smallest absolute Gasteiger partial charge is 0.379 e. The highest BCUT2D eigenvalue weighted by Crippen LogP contribution is 2.12. The van der Waals surface area contributed by atoms with E-state index in [1.807, 2.05) is 6.92 Å². The van der Waals surface area contributed by atoms with Crippen molar-refractivity contribution < 1.29 is 36.0 Å². The third-order valence-corrected chi connectivity index (χ3v) is 5.48. The molecule has 9 heteroatoms. The van der Waals surface area contributed by atoms with Gasteiger partial charge in [0.15, 0.2) is 6.11 Å². The van der Waals surface area contributed by atoms with Crippen molar-refractivity contribution in [3.8, 4) is 12.0 Å². The molecule has 196 valence electrons. The van der Waals surface area contributed by atoms with Crippen molar-refractivity contribution in [2.45, 2.75) is 97.3 Å². The maximum atomic E-state index is 11.5. The van der Waals surface area contributed by atoms with Crippen LogP contribution in [0.3, 0.4) is 0 Å². The summed E-state index contributed by atoms with van der Waals surface area (Å²) in [6.45, 7) is 6.48. The van der Waals surface area contributed by atoms with Gasteiger partial charge in [-0.2, -0.15) is 8.42 Å². The van der Waals surface area contributed by atoms with Crippen LogP contribution in [0.25, 0.3) is 0 Å². The van der Waals surface area contributed by atoms with Crippen LogP contribution in [0.2, 0.25) is 0 Å². The molecule has 0 radical (unpaired) electrons. The largest absolute Gasteiger partial charge is 0.436 e. The molecule has 0 amide bonds. The summed E-state index contributed by atoms with van der Waals surface area (Å²) in [6.07, 6.45) is 18.2. The molecule has 0 aliphatic heterocycles. The molecule has 8 nitrogen and oxygen atoms in total. The monoisotopic (exact) mass is 494 g/mol. The Bertz CT molecular complexity index is 557. The number of ether oxygens (including phenoxy) is 3. The van der Waals surface area contributed by atoms with Gasteiger partial charge in [0.1, 0.15) is 0 Å². The molecule has 0 N–H and O–H groups in total. The minimum Gasteiger partial charge on any atom is -0.379 e. The summed E-state index contributed by atoms with van der Waals surface area (Å²) in [5.74, 6) is 2.74. The zero-order valence-electron chi connectivity index (χ0n) is 20.8. The van der Waals surface area contributed by atoms with Crippen molar-refractivity contribution in [2.24, 2.45) is 0 Å². The summed E-state index contributed by atoms with van der Waals surface area (Å²) < 4.78 is 47.3. The molecule has 0 heterocycles. The predicted molar refractivity (Wildman–Crippen MR) is 129 cm³/mol. The van der Waals surface area contributed by atoms with Gasteiger partial charge < -0.3 is 14.2 Å². The van der Waals surface area contributed by atoms with Gasteiger partial charge in [-0.15, -0.1) is 0 Å². The standard InChI is InChI=1S/C24H46O8S/c1-3-5-6-7-8-9-10-11-12-13-14-15-16-17-18-30-32-33(25,26)31-24-23-29-22-21-28-20-19-27-4-2/h3-16,19-24H2,1-2H3. The van der Waals surface area contributed by atoms with E-state index in [-0.39, 0.29) is 13.2 Å². The van der Waals surface area contributed by atoms with Crippen LogP contribution in [-0.4, -0.2) is 54.7 Å². The Balaban J connectivity index is 3.41. The molecule has 0 aromatic heterocycles. The Labute approximate surface area is 202 Å². The van der Waals surface area contributed by atoms with E-state index in [0.29, 0.717) is 39.5 Å². The molecule has 0 aliphatic carbocycles. The number of rotatable bonds is 25. The summed E-state index contributed by atoms with van der Waals surface area (Å²) in [7, 11) is -4.26. The molecule has 0 unspecified atom stereocenters. The first-order valence-corrected chi connectivity index (χ1v) is 13.9. The van der Waals surface area contributed by atoms with Gasteiger partial charge in [0.25, 0.3) is 0 Å². The van der Waals surface area contributed by atoms with Gasteiger partial charge in [-0.3, -0.25) is 4.89 Å². The lowest BCUT2D eigenvalue weighted by atomic mass is 10.0. The van der Waals surface area contributed by atoms with Crippen LogP contribution < -0.4 is 0 Å². The molecule has 0 atom stereocenters. The molecule has 0 spiro atoms. The summed E-state index contributed by atoms with van der Waals surface area (Å²) in [5, 5.41) is 0. The molecule has 0 aliphatic rings. The highest BCUT2D eigenvalue weighted by Gasteiger charge is 2.13. The fraction of sp³-hybridized carbons (Fsp3) is 0.917. The summed E-state index contributed by atoms with van der Waals surface area (Å²) in [6, 6.07) is 0. The molecular weight excluding hydrogens is 448 g/mol. The van der Waals surface area contributed by atoms with Crippen molar-refractivity contribution in [1.82, 2.24) is 0 Å². The fourth-order valence-electron chi connectivity index (χ4n) is 2.99. The lowest BCUT2D eigenvalue weighted by Gasteiger charge is -2.06. The van der Waals surface area contributed by atoms with Crippen LogP contribution >= 0.6 is 0 Å². The van der Waals surface area contributed by atoms with Crippen molar-refractivity contribution in [1.29, 1.82) is 0 Å². The molecule has 0 aromatic carbocycles. The van der Waals surface area contributed by atoms with E-state index in [1.165, 1.54) is 64.2 Å². The fourth-order valence-corrected chi connectivity index (χ4v) is 3.42. The first kappa shape index (κ1) is 32.1. The third-order valence-electron chi connectivity index (χ3n) is 4.79. The van der Waals surface area contributed by atoms with E-state index < -0.39 is 10.4 Å². The van der Waals surface area contributed by atoms with Gasteiger partial charge in [-0.05, 0) is 17.7 Å². The third kappa shape index (κ3) is 27.2. The van der Waals surface area contributed by atoms with Gasteiger partial charge in [0, 0.05) is 13.0 Å². The van der Waals surface area contributed by atoms with Crippen LogP contribution in [0.4, 0.5) is 0 Å². The zero-order chi connectivity index (χ0) is 24.3. The second kappa shape index (κ2) is 25.7. The molecule has 0 aromatic rings. The summed E-state index contributed by atoms with van der Waals surface area (Å²) in [4.78, 5) is 4.40. The first-order valence-electron chi connectivity index (χ1n) is 12.6. The Morgan fingerprint density at radius 3 is 1.64 bits per heavy atom. The predicted octanol–water partition coefficient (Wildman–Crippen LogP) is 5.32. The number of unbranched alkanes of at least 4 members (excludes halogenated alkanes) is 12. The maximum Gasteiger partial charge on any atom is 0.436 e. The van der Waals surface area contributed by atoms with E-state index in [4.69, 9.17) is 14.2 Å². The molecule has 0 bridgehead atoms. The number of hydrogen-bond acceptors (Lipinski definition) is 8. The molecule has 0 saturated carbocycles. The minimum absolute atomic E-state index is 0.0854. The number of hydrogen-bond donors (Lipinski definition) is 0. The van der Waals surface area contributed by atoms with Gasteiger partial charge in [-0.25, -0.2) is 4.18 Å². The molecule has 33 heavy (non-hydrogen) atoms. The topological polar surface area (TPSA) is 89.5 Å². The second-order valence-corrected chi connectivity index (χ2v) is 8.91. The van der Waals surface area contributed by atoms with E-state index in [9.17, 15) is 8.42 Å². The van der Waals surface area contributed by atoms with Gasteiger partial charge in [-0.1, -0.05) is 83.5 Å². The normalized spacial score (nSPS) is 11.3. The SMILES string of the molecule is CCCCCCCCCCCCCCC#COOS(=O)(=O)OCCOCCOCCOCC. The van der Waals surface area contributed by atoms with Gasteiger partial charge in [0.2, 0.25) is 0 Å². The van der Waals surface area contributed by atoms with E-state index in [2.05, 4.69) is 32.4 Å². The van der Waals surface area contributed by atoms with E-state index in [0.717, 1.165) is 12.8 Å². The molecular formula is C24H46O8S. The molecule has 0 fully saturated rings. The lowest BCUT2D eigenvalue weighted by molar-refractivity contribution is -0.139. The highest BCUT2D eigenvalue weighted by molar-refractivity contribution is 7.81. The van der Waals surface area contributed by atoms with Crippen molar-refractivity contribution in [3.05, 3.63) is 0 Å². The summed E-state index contributed by atoms with van der Waals surface area (Å²) >= 11 is 0. The van der Waals surface area contributed by atoms with E-state index >= 15 is 0 Å². The van der Waals surface area contributed by atoms with Crippen molar-refractivity contribution >= 4 is 10.4 Å². The Hall–Kier alpha value is -0.890. The van der Waals surface area contributed by atoms with Gasteiger partial charge in [0.05, 0.1) is 39.6 Å². The van der Waals surface area contributed by atoms with Gasteiger partial charge >= 0.3 is 10.4 Å². The Kier molecular flexibility index (Phi) is 25.0. The summed E-state index contributed by atoms with van der Waals surface area (Å²) in [5.41, 5.74) is 0. The van der Waals surface area contributed by atoms with Crippen LogP contribution in [0.15, 0.2) is 0 Å². The van der Waals surface area contributed by atoms with Crippen LogP contribution in [0.1, 0.15) is 97.3 Å². The van der Waals surface area contributed by atoms with Crippen molar-refractivity contribution in [2.75, 3.05) is 46.2 Å². The van der Waals surface area contributed by atoms with Crippen LogP contribution in [-0.2, 0) is 38.0 Å². The maximum absolute atomic E-state index is 11.5. The van der Waals surface area contributed by atoms with E-state index in [1.54, 1.807) is 0 Å². The molecule has 0 saturated heterocycles. The van der Waals surface area contributed by atoms with Crippen LogP contribution in [0, 0.1) is 12.0 Å². The Morgan fingerprint density at radius 2 is 1.09 bits per heavy atom. The molecule has 0 rings (SSSR count). The quantitative estimate of drug-likeness (QED) is 0.0729. The Morgan fingerprint density at radius 1 is 0.606 bits per heavy atom. The average Bonchev–Trinajstić information content (AvgIpc) is 2.80. The average molecular weight is 495 g/mol. The first-order chi connectivity index (χ1) is 16.1. The van der Waals surface area contributed by atoms with Crippen molar-refractivity contribution in [3.63, 3.8) is 0 Å². The highest BCUT2D eigenvalue weighted by atomic mass is 32.3. The second-order valence-electron chi connectivity index (χ2n) is 7.72. The van der Waals surface area contributed by atoms with Crippen LogP contribution in [0.5, 0.6) is 0 Å². The minimum atomic E-state index is -4.26.